The standard InChI is InChI=1S/C7H13N.C2H4/c1-5(2)7(8)6(3)4;1-2/h1,8H2,2-4H3;1-2H2. The Morgan fingerprint density at radius 2 is 1.40 bits per heavy atom. The Morgan fingerprint density at radius 3 is 1.40 bits per heavy atom. The monoisotopic (exact) mass is 139 g/mol. The van der Waals surface area contributed by atoms with Gasteiger partial charge in [0, 0.05) is 5.70 Å². The number of allylic oxidation sites excluding steroid dienone is 2. The third-order valence-electron chi connectivity index (χ3n) is 0.998. The second kappa shape index (κ2) is 6.14. The first-order valence-corrected chi connectivity index (χ1v) is 3.14. The Balaban J connectivity index is 0. The topological polar surface area (TPSA) is 26.0 Å². The molecule has 0 rings (SSSR count). The SMILES string of the molecule is C=C.C=C(C)C(N)=C(C)C. The minimum Gasteiger partial charge on any atom is -0.399 e. The molecule has 0 bridgehead atoms. The quantitative estimate of drug-likeness (QED) is 0.438. The van der Waals surface area contributed by atoms with E-state index in [0.29, 0.717) is 0 Å². The van der Waals surface area contributed by atoms with Gasteiger partial charge in [-0.3, -0.25) is 0 Å². The Hall–Kier alpha value is -0.980. The average Bonchev–Trinajstić information content (AvgIpc) is 1.90. The third kappa shape index (κ3) is 5.16. The van der Waals surface area contributed by atoms with Crippen LogP contribution in [-0.4, -0.2) is 0 Å². The van der Waals surface area contributed by atoms with Crippen molar-refractivity contribution in [2.24, 2.45) is 5.73 Å². The molecular weight excluding hydrogens is 122 g/mol. The molecule has 0 radical (unpaired) electrons. The maximum absolute atomic E-state index is 5.54. The molecule has 0 saturated heterocycles. The number of hydrogen-bond donors (Lipinski definition) is 1. The molecule has 58 valence electrons. The molecular formula is C9H17N. The lowest BCUT2D eigenvalue weighted by Gasteiger charge is -1.99. The summed E-state index contributed by atoms with van der Waals surface area (Å²) in [6.45, 7) is 15.6. The molecule has 0 unspecified atom stereocenters. The zero-order chi connectivity index (χ0) is 8.73. The number of rotatable bonds is 1. The molecule has 0 aliphatic heterocycles. The van der Waals surface area contributed by atoms with Crippen LogP contribution in [0.25, 0.3) is 0 Å². The molecule has 2 N–H and O–H groups in total. The summed E-state index contributed by atoms with van der Waals surface area (Å²) in [6, 6.07) is 0. The molecule has 10 heavy (non-hydrogen) atoms. The van der Waals surface area contributed by atoms with Gasteiger partial charge in [-0.15, -0.1) is 13.2 Å². The van der Waals surface area contributed by atoms with Crippen LogP contribution in [0, 0.1) is 0 Å². The van der Waals surface area contributed by atoms with E-state index in [0.717, 1.165) is 16.8 Å². The van der Waals surface area contributed by atoms with Gasteiger partial charge in [0.05, 0.1) is 0 Å². The third-order valence-corrected chi connectivity index (χ3v) is 0.998. The lowest BCUT2D eigenvalue weighted by Crippen LogP contribution is -1.99. The molecule has 0 saturated carbocycles. The van der Waals surface area contributed by atoms with Gasteiger partial charge >= 0.3 is 0 Å². The normalized spacial score (nSPS) is 7.10. The van der Waals surface area contributed by atoms with Gasteiger partial charge in [-0.2, -0.15) is 0 Å². The molecule has 0 fully saturated rings. The summed E-state index contributed by atoms with van der Waals surface area (Å²) in [4.78, 5) is 0. The van der Waals surface area contributed by atoms with Crippen molar-refractivity contribution in [3.05, 3.63) is 36.6 Å². The fraction of sp³-hybridized carbons (Fsp3) is 0.333. The lowest BCUT2D eigenvalue weighted by molar-refractivity contribution is 1.20. The van der Waals surface area contributed by atoms with Crippen molar-refractivity contribution in [1.29, 1.82) is 0 Å². The molecule has 0 spiro atoms. The van der Waals surface area contributed by atoms with Crippen molar-refractivity contribution in [1.82, 2.24) is 0 Å². The maximum Gasteiger partial charge on any atom is 0.0324 e. The van der Waals surface area contributed by atoms with Crippen LogP contribution >= 0.6 is 0 Å². The highest BCUT2D eigenvalue weighted by Gasteiger charge is 1.89. The van der Waals surface area contributed by atoms with E-state index in [-0.39, 0.29) is 0 Å². The maximum atomic E-state index is 5.54. The van der Waals surface area contributed by atoms with E-state index in [9.17, 15) is 0 Å². The summed E-state index contributed by atoms with van der Waals surface area (Å²) in [5.74, 6) is 0. The molecule has 0 aliphatic rings. The molecule has 0 heterocycles. The van der Waals surface area contributed by atoms with Crippen molar-refractivity contribution in [2.75, 3.05) is 0 Å². The predicted octanol–water partition coefficient (Wildman–Crippen LogP) is 2.62. The summed E-state index contributed by atoms with van der Waals surface area (Å²) >= 11 is 0. The first-order valence-electron chi connectivity index (χ1n) is 3.14. The van der Waals surface area contributed by atoms with Gasteiger partial charge in [-0.25, -0.2) is 0 Å². The summed E-state index contributed by atoms with van der Waals surface area (Å²) < 4.78 is 0. The van der Waals surface area contributed by atoms with E-state index in [1.54, 1.807) is 0 Å². The van der Waals surface area contributed by atoms with Crippen LogP contribution < -0.4 is 5.73 Å². The molecule has 1 nitrogen and oxygen atoms in total. The van der Waals surface area contributed by atoms with Gasteiger partial charge in [0.25, 0.3) is 0 Å². The van der Waals surface area contributed by atoms with Crippen molar-refractivity contribution < 1.29 is 0 Å². The molecule has 0 atom stereocenters. The Bertz CT molecular complexity index is 139. The van der Waals surface area contributed by atoms with Crippen LogP contribution in [0.4, 0.5) is 0 Å². The van der Waals surface area contributed by atoms with E-state index in [1.807, 2.05) is 20.8 Å². The average molecular weight is 139 g/mol. The van der Waals surface area contributed by atoms with E-state index in [1.165, 1.54) is 0 Å². The van der Waals surface area contributed by atoms with Gasteiger partial charge in [0.15, 0.2) is 0 Å². The molecule has 0 aromatic carbocycles. The van der Waals surface area contributed by atoms with Gasteiger partial charge < -0.3 is 5.73 Å². The van der Waals surface area contributed by atoms with Crippen molar-refractivity contribution >= 4 is 0 Å². The van der Waals surface area contributed by atoms with Gasteiger partial charge in [-0.05, 0) is 26.3 Å². The molecule has 0 amide bonds. The minimum atomic E-state index is 0.824. The van der Waals surface area contributed by atoms with Crippen molar-refractivity contribution in [2.45, 2.75) is 20.8 Å². The van der Waals surface area contributed by atoms with Crippen molar-refractivity contribution in [3.8, 4) is 0 Å². The van der Waals surface area contributed by atoms with Crippen LogP contribution in [-0.2, 0) is 0 Å². The summed E-state index contributed by atoms with van der Waals surface area (Å²) in [6.07, 6.45) is 0. The zero-order valence-corrected chi connectivity index (χ0v) is 7.20. The predicted molar refractivity (Wildman–Crippen MR) is 48.6 cm³/mol. The minimum absolute atomic E-state index is 0.824. The Labute approximate surface area is 63.9 Å². The van der Waals surface area contributed by atoms with E-state index in [4.69, 9.17) is 5.73 Å². The Kier molecular flexibility index (Phi) is 7.23. The van der Waals surface area contributed by atoms with Crippen LogP contribution in [0.15, 0.2) is 36.6 Å². The fourth-order valence-corrected chi connectivity index (χ4v) is 0.427. The lowest BCUT2D eigenvalue weighted by atomic mass is 10.2. The Morgan fingerprint density at radius 1 is 1.10 bits per heavy atom. The molecule has 0 aromatic heterocycles. The second-order valence-electron chi connectivity index (χ2n) is 2.19. The molecule has 1 heteroatoms. The van der Waals surface area contributed by atoms with Gasteiger partial charge in [0.1, 0.15) is 0 Å². The summed E-state index contributed by atoms with van der Waals surface area (Å²) in [5, 5.41) is 0. The fourth-order valence-electron chi connectivity index (χ4n) is 0.427. The molecule has 0 aromatic rings. The van der Waals surface area contributed by atoms with E-state index >= 15 is 0 Å². The number of nitrogens with two attached hydrogens (primary N) is 1. The largest absolute Gasteiger partial charge is 0.399 e. The van der Waals surface area contributed by atoms with E-state index < -0.39 is 0 Å². The first-order chi connectivity index (χ1) is 4.55. The zero-order valence-electron chi connectivity index (χ0n) is 7.20. The van der Waals surface area contributed by atoms with Crippen LogP contribution in [0.2, 0.25) is 0 Å². The summed E-state index contributed by atoms with van der Waals surface area (Å²) in [5.41, 5.74) is 8.45. The smallest absolute Gasteiger partial charge is 0.0324 e. The first kappa shape index (κ1) is 11.8. The van der Waals surface area contributed by atoms with Crippen LogP contribution in [0.5, 0.6) is 0 Å². The highest BCUT2D eigenvalue weighted by molar-refractivity contribution is 5.26. The van der Waals surface area contributed by atoms with E-state index in [2.05, 4.69) is 19.7 Å². The van der Waals surface area contributed by atoms with Gasteiger partial charge in [-0.1, -0.05) is 12.2 Å². The van der Waals surface area contributed by atoms with Crippen LogP contribution in [0.1, 0.15) is 20.8 Å². The van der Waals surface area contributed by atoms with Crippen LogP contribution in [0.3, 0.4) is 0 Å². The second-order valence-corrected chi connectivity index (χ2v) is 2.19. The van der Waals surface area contributed by atoms with Crippen molar-refractivity contribution in [3.63, 3.8) is 0 Å². The molecule has 0 aliphatic carbocycles. The summed E-state index contributed by atoms with van der Waals surface area (Å²) in [7, 11) is 0. The number of hydrogen-bond acceptors (Lipinski definition) is 1. The highest BCUT2D eigenvalue weighted by Crippen LogP contribution is 2.03. The highest BCUT2D eigenvalue weighted by atomic mass is 14.6. The van der Waals surface area contributed by atoms with Gasteiger partial charge in [0.2, 0.25) is 0 Å².